The molecule has 0 aromatic carbocycles. The Bertz CT molecular complexity index is 353. The fourth-order valence-corrected chi connectivity index (χ4v) is 3.43. The van der Waals surface area contributed by atoms with E-state index in [0.717, 1.165) is 19.3 Å². The molecule has 0 aromatic rings. The minimum absolute atomic E-state index is 0.282. The third-order valence-electron chi connectivity index (χ3n) is 5.28. The van der Waals surface area contributed by atoms with Gasteiger partial charge in [-0.3, -0.25) is 4.79 Å². The van der Waals surface area contributed by atoms with Gasteiger partial charge in [0.2, 0.25) is 0 Å². The van der Waals surface area contributed by atoms with Gasteiger partial charge in [-0.1, -0.05) is 128 Å². The van der Waals surface area contributed by atoms with Gasteiger partial charge in [0.05, 0.1) is 0 Å². The van der Waals surface area contributed by atoms with Crippen molar-refractivity contribution < 1.29 is 4.79 Å². The quantitative estimate of drug-likeness (QED) is 0.111. The number of hydrogen-bond acceptors (Lipinski definition) is 1. The minimum atomic E-state index is 0.282. The van der Waals surface area contributed by atoms with Crippen LogP contribution in [0.1, 0.15) is 136 Å². The highest BCUT2D eigenvalue weighted by molar-refractivity contribution is 5.89. The van der Waals surface area contributed by atoms with Crippen LogP contribution < -0.4 is 0 Å². The van der Waals surface area contributed by atoms with Crippen molar-refractivity contribution in [3.63, 3.8) is 0 Å². The Morgan fingerprint density at radius 3 is 1.52 bits per heavy atom. The van der Waals surface area contributed by atoms with E-state index >= 15 is 0 Å². The van der Waals surface area contributed by atoms with Crippen LogP contribution in [0.4, 0.5) is 0 Å². The molecule has 0 rings (SSSR count). The van der Waals surface area contributed by atoms with Gasteiger partial charge < -0.3 is 0 Å². The molecule has 0 atom stereocenters. The van der Waals surface area contributed by atoms with Crippen molar-refractivity contribution in [3.8, 4) is 0 Å². The lowest BCUT2D eigenvalue weighted by atomic mass is 10.1. The predicted molar refractivity (Wildman–Crippen MR) is 122 cm³/mol. The van der Waals surface area contributed by atoms with Crippen molar-refractivity contribution in [1.29, 1.82) is 0 Å². The molecule has 0 bridgehead atoms. The number of carbonyl (C=O) groups is 1. The SMILES string of the molecule is CCCCCCCCCCCCCC=CC=CC(=O)CCCCCCCC. The summed E-state index contributed by atoms with van der Waals surface area (Å²) in [6.45, 7) is 4.52. The molecule has 0 amide bonds. The highest BCUT2D eigenvalue weighted by atomic mass is 16.1. The molecule has 0 heterocycles. The summed E-state index contributed by atoms with van der Waals surface area (Å²) in [5.41, 5.74) is 0. The summed E-state index contributed by atoms with van der Waals surface area (Å²) in [7, 11) is 0. The van der Waals surface area contributed by atoms with Crippen molar-refractivity contribution in [2.24, 2.45) is 0 Å². The first kappa shape index (κ1) is 26.1. The summed E-state index contributed by atoms with van der Waals surface area (Å²) >= 11 is 0. The Morgan fingerprint density at radius 1 is 0.556 bits per heavy atom. The molecular weight excluding hydrogens is 328 g/mol. The normalized spacial score (nSPS) is 11.8. The third kappa shape index (κ3) is 23.1. The van der Waals surface area contributed by atoms with E-state index in [4.69, 9.17) is 0 Å². The standard InChI is InChI=1S/C26H48O/c1-3-5-7-9-11-12-13-14-15-16-17-18-19-21-23-25-26(27)24-22-20-10-8-6-4-2/h19,21,23,25H,3-18,20,22,24H2,1-2H3. The van der Waals surface area contributed by atoms with Crippen molar-refractivity contribution in [3.05, 3.63) is 24.3 Å². The smallest absolute Gasteiger partial charge is 0.155 e. The maximum Gasteiger partial charge on any atom is 0.155 e. The monoisotopic (exact) mass is 376 g/mol. The number of allylic oxidation sites excluding steroid dienone is 4. The van der Waals surface area contributed by atoms with Crippen molar-refractivity contribution in [1.82, 2.24) is 0 Å². The number of carbonyl (C=O) groups excluding carboxylic acids is 1. The molecule has 27 heavy (non-hydrogen) atoms. The summed E-state index contributed by atoms with van der Waals surface area (Å²) in [6.07, 6.45) is 32.6. The summed E-state index contributed by atoms with van der Waals surface area (Å²) in [5.74, 6) is 0.282. The molecule has 0 spiro atoms. The van der Waals surface area contributed by atoms with Crippen LogP contribution in [-0.2, 0) is 4.79 Å². The molecule has 0 saturated heterocycles. The maximum atomic E-state index is 11.7. The van der Waals surface area contributed by atoms with Gasteiger partial charge in [-0.05, 0) is 25.3 Å². The fourth-order valence-electron chi connectivity index (χ4n) is 3.43. The van der Waals surface area contributed by atoms with E-state index in [-0.39, 0.29) is 5.78 Å². The van der Waals surface area contributed by atoms with Crippen LogP contribution in [0.25, 0.3) is 0 Å². The molecule has 1 heteroatoms. The van der Waals surface area contributed by atoms with E-state index in [1.807, 2.05) is 6.08 Å². The zero-order chi connectivity index (χ0) is 19.8. The van der Waals surface area contributed by atoms with E-state index in [9.17, 15) is 4.79 Å². The molecule has 158 valence electrons. The highest BCUT2D eigenvalue weighted by Crippen LogP contribution is 2.12. The van der Waals surface area contributed by atoms with Crippen molar-refractivity contribution in [2.75, 3.05) is 0 Å². The van der Waals surface area contributed by atoms with E-state index < -0.39 is 0 Å². The molecule has 0 saturated carbocycles. The topological polar surface area (TPSA) is 17.1 Å². The number of hydrogen-bond donors (Lipinski definition) is 0. The molecule has 0 radical (unpaired) electrons. The van der Waals surface area contributed by atoms with Gasteiger partial charge in [0.1, 0.15) is 0 Å². The molecule has 0 N–H and O–H groups in total. The van der Waals surface area contributed by atoms with Crippen LogP contribution in [-0.4, -0.2) is 5.78 Å². The predicted octanol–water partition coefficient (Wildman–Crippen LogP) is 9.12. The Balaban J connectivity index is 3.31. The van der Waals surface area contributed by atoms with Gasteiger partial charge in [0.15, 0.2) is 5.78 Å². The first-order valence-electron chi connectivity index (χ1n) is 12.2. The Hall–Kier alpha value is -0.850. The maximum absolute atomic E-state index is 11.7. The first-order valence-corrected chi connectivity index (χ1v) is 12.2. The third-order valence-corrected chi connectivity index (χ3v) is 5.28. The minimum Gasteiger partial charge on any atom is -0.295 e. The summed E-state index contributed by atoms with van der Waals surface area (Å²) in [4.78, 5) is 11.7. The van der Waals surface area contributed by atoms with Crippen LogP contribution in [0.15, 0.2) is 24.3 Å². The molecule has 0 aliphatic rings. The van der Waals surface area contributed by atoms with Crippen molar-refractivity contribution in [2.45, 2.75) is 136 Å². The summed E-state index contributed by atoms with van der Waals surface area (Å²) < 4.78 is 0. The molecule has 0 aliphatic heterocycles. The Morgan fingerprint density at radius 2 is 1.00 bits per heavy atom. The number of rotatable bonds is 21. The fraction of sp³-hybridized carbons (Fsp3) is 0.808. The van der Waals surface area contributed by atoms with E-state index in [0.29, 0.717) is 0 Å². The second-order valence-corrected chi connectivity index (χ2v) is 8.10. The van der Waals surface area contributed by atoms with Gasteiger partial charge >= 0.3 is 0 Å². The Labute approximate surface area is 171 Å². The molecule has 0 unspecified atom stereocenters. The van der Waals surface area contributed by atoms with Crippen LogP contribution in [0.5, 0.6) is 0 Å². The van der Waals surface area contributed by atoms with Crippen LogP contribution >= 0.6 is 0 Å². The highest BCUT2D eigenvalue weighted by Gasteiger charge is 1.96. The summed E-state index contributed by atoms with van der Waals surface area (Å²) in [5, 5.41) is 0. The van der Waals surface area contributed by atoms with Crippen LogP contribution in [0, 0.1) is 0 Å². The van der Waals surface area contributed by atoms with Crippen molar-refractivity contribution >= 4 is 5.78 Å². The second kappa shape index (κ2) is 23.2. The lowest BCUT2D eigenvalue weighted by Gasteiger charge is -2.01. The van der Waals surface area contributed by atoms with E-state index in [1.165, 1.54) is 103 Å². The zero-order valence-corrected chi connectivity index (χ0v) is 18.7. The molecular formula is C26H48O. The molecule has 0 aromatic heterocycles. The average Bonchev–Trinajstić information content (AvgIpc) is 2.67. The van der Waals surface area contributed by atoms with E-state index in [1.54, 1.807) is 6.08 Å². The number of ketones is 1. The Kier molecular flexibility index (Phi) is 22.5. The van der Waals surface area contributed by atoms with Gasteiger partial charge in [-0.2, -0.15) is 0 Å². The lowest BCUT2D eigenvalue weighted by Crippen LogP contribution is -1.91. The van der Waals surface area contributed by atoms with Crippen LogP contribution in [0.3, 0.4) is 0 Å². The van der Waals surface area contributed by atoms with Gasteiger partial charge in [-0.25, -0.2) is 0 Å². The molecule has 1 nitrogen and oxygen atoms in total. The average molecular weight is 377 g/mol. The molecule has 0 aliphatic carbocycles. The summed E-state index contributed by atoms with van der Waals surface area (Å²) in [6, 6.07) is 0. The van der Waals surface area contributed by atoms with Crippen LogP contribution in [0.2, 0.25) is 0 Å². The first-order chi connectivity index (χ1) is 13.3. The molecule has 0 fully saturated rings. The lowest BCUT2D eigenvalue weighted by molar-refractivity contribution is -0.114. The second-order valence-electron chi connectivity index (χ2n) is 8.10. The van der Waals surface area contributed by atoms with Gasteiger partial charge in [0.25, 0.3) is 0 Å². The largest absolute Gasteiger partial charge is 0.295 e. The van der Waals surface area contributed by atoms with Gasteiger partial charge in [-0.15, -0.1) is 0 Å². The van der Waals surface area contributed by atoms with Gasteiger partial charge in [0, 0.05) is 6.42 Å². The zero-order valence-electron chi connectivity index (χ0n) is 18.7. The number of unbranched alkanes of at least 4 members (excludes halogenated alkanes) is 16. The van der Waals surface area contributed by atoms with E-state index in [2.05, 4.69) is 26.0 Å².